The molecule has 5 heteroatoms. The maximum absolute atomic E-state index is 5.63. The first-order chi connectivity index (χ1) is 10.6. The minimum Gasteiger partial charge on any atom is -0.424 e. The van der Waals surface area contributed by atoms with Gasteiger partial charge in [-0.15, -0.1) is 10.2 Å². The van der Waals surface area contributed by atoms with Crippen molar-refractivity contribution in [3.63, 3.8) is 0 Å². The summed E-state index contributed by atoms with van der Waals surface area (Å²) < 4.78 is 5.63. The molecule has 22 heavy (non-hydrogen) atoms. The molecule has 1 aromatic carbocycles. The molecule has 1 aliphatic heterocycles. The molecular weight excluding hydrogens is 276 g/mol. The topological polar surface area (TPSA) is 45.4 Å². The molecule has 1 aliphatic rings. The zero-order valence-electron chi connectivity index (χ0n) is 13.8. The first-order valence-corrected chi connectivity index (χ1v) is 7.89. The number of aryl methyl sites for hydroxylation is 1. The van der Waals surface area contributed by atoms with Crippen molar-refractivity contribution in [3.8, 4) is 0 Å². The second-order valence-electron chi connectivity index (χ2n) is 6.22. The molecule has 0 aliphatic carbocycles. The molecule has 1 aromatic heterocycles. The lowest BCUT2D eigenvalue weighted by molar-refractivity contribution is 0.167. The van der Waals surface area contributed by atoms with Gasteiger partial charge in [-0.2, -0.15) is 0 Å². The SMILES string of the molecule is Cc1nnc([C@H](C)N2CCC[C@@H]2c2cccc(N(C)C)c2)o1. The number of anilines is 1. The number of rotatable bonds is 4. The Bertz CT molecular complexity index is 637. The van der Waals surface area contributed by atoms with Gasteiger partial charge in [0.2, 0.25) is 11.8 Å². The van der Waals surface area contributed by atoms with Crippen LogP contribution >= 0.6 is 0 Å². The molecule has 1 fully saturated rings. The quantitative estimate of drug-likeness (QED) is 0.866. The van der Waals surface area contributed by atoms with E-state index >= 15 is 0 Å². The van der Waals surface area contributed by atoms with Crippen molar-refractivity contribution in [2.24, 2.45) is 0 Å². The standard InChI is InChI=1S/C17H24N4O/c1-12(17-19-18-13(2)22-17)21-10-6-9-16(21)14-7-5-8-15(11-14)20(3)4/h5,7-8,11-12,16H,6,9-10H2,1-4H3/t12-,16+/m0/s1. The van der Waals surface area contributed by atoms with Gasteiger partial charge in [0.1, 0.15) is 0 Å². The third kappa shape index (κ3) is 2.86. The summed E-state index contributed by atoms with van der Waals surface area (Å²) in [4.78, 5) is 4.62. The predicted octanol–water partition coefficient (Wildman–Crippen LogP) is 3.34. The highest BCUT2D eigenvalue weighted by molar-refractivity contribution is 5.48. The van der Waals surface area contributed by atoms with Gasteiger partial charge >= 0.3 is 0 Å². The minimum atomic E-state index is 0.150. The second-order valence-corrected chi connectivity index (χ2v) is 6.22. The number of benzene rings is 1. The van der Waals surface area contributed by atoms with Gasteiger partial charge in [-0.1, -0.05) is 12.1 Å². The maximum atomic E-state index is 5.63. The normalized spacial score (nSPS) is 20.3. The molecule has 5 nitrogen and oxygen atoms in total. The summed E-state index contributed by atoms with van der Waals surface area (Å²) >= 11 is 0. The Kier molecular flexibility index (Phi) is 4.16. The molecule has 2 atom stereocenters. The van der Waals surface area contributed by atoms with Crippen LogP contribution in [0.4, 0.5) is 5.69 Å². The van der Waals surface area contributed by atoms with Gasteiger partial charge in [-0.05, 0) is 44.0 Å². The molecule has 0 spiro atoms. The summed E-state index contributed by atoms with van der Waals surface area (Å²) in [5, 5.41) is 8.16. The van der Waals surface area contributed by atoms with E-state index in [2.05, 4.69) is 65.3 Å². The molecule has 0 amide bonds. The fraction of sp³-hybridized carbons (Fsp3) is 0.529. The average Bonchev–Trinajstić information content (AvgIpc) is 3.15. The zero-order chi connectivity index (χ0) is 15.7. The predicted molar refractivity (Wildman–Crippen MR) is 86.9 cm³/mol. The van der Waals surface area contributed by atoms with Crippen LogP contribution in [0.15, 0.2) is 28.7 Å². The van der Waals surface area contributed by atoms with E-state index in [0.717, 1.165) is 6.54 Å². The molecule has 0 N–H and O–H groups in total. The highest BCUT2D eigenvalue weighted by atomic mass is 16.4. The van der Waals surface area contributed by atoms with Crippen molar-refractivity contribution < 1.29 is 4.42 Å². The van der Waals surface area contributed by atoms with Gasteiger partial charge in [-0.3, -0.25) is 4.90 Å². The minimum absolute atomic E-state index is 0.150. The molecule has 0 radical (unpaired) electrons. The summed E-state index contributed by atoms with van der Waals surface area (Å²) in [7, 11) is 4.16. The van der Waals surface area contributed by atoms with Gasteiger partial charge in [0, 0.05) is 32.7 Å². The zero-order valence-corrected chi connectivity index (χ0v) is 13.8. The van der Waals surface area contributed by atoms with Crippen molar-refractivity contribution in [3.05, 3.63) is 41.6 Å². The van der Waals surface area contributed by atoms with E-state index in [1.807, 2.05) is 6.92 Å². The van der Waals surface area contributed by atoms with E-state index in [9.17, 15) is 0 Å². The van der Waals surface area contributed by atoms with Crippen LogP contribution < -0.4 is 4.90 Å². The van der Waals surface area contributed by atoms with Crippen LogP contribution in [-0.2, 0) is 0 Å². The summed E-state index contributed by atoms with van der Waals surface area (Å²) in [6, 6.07) is 9.37. The van der Waals surface area contributed by atoms with Gasteiger partial charge < -0.3 is 9.32 Å². The monoisotopic (exact) mass is 300 g/mol. The summed E-state index contributed by atoms with van der Waals surface area (Å²) in [6.45, 7) is 5.06. The van der Waals surface area contributed by atoms with Crippen molar-refractivity contribution >= 4 is 5.69 Å². The first kappa shape index (κ1) is 15.0. The number of aromatic nitrogens is 2. The number of hydrogen-bond acceptors (Lipinski definition) is 5. The van der Waals surface area contributed by atoms with E-state index in [1.165, 1.54) is 24.1 Å². The highest BCUT2D eigenvalue weighted by Gasteiger charge is 2.32. The Morgan fingerprint density at radius 1 is 1.32 bits per heavy atom. The molecule has 0 bridgehead atoms. The Balaban J connectivity index is 1.85. The smallest absolute Gasteiger partial charge is 0.233 e. The van der Waals surface area contributed by atoms with Crippen molar-refractivity contribution in [1.29, 1.82) is 0 Å². The van der Waals surface area contributed by atoms with Crippen molar-refractivity contribution in [2.45, 2.75) is 38.8 Å². The van der Waals surface area contributed by atoms with Crippen LogP contribution in [-0.4, -0.2) is 35.7 Å². The molecule has 0 saturated carbocycles. The third-order valence-electron chi connectivity index (χ3n) is 4.46. The molecule has 2 aromatic rings. The van der Waals surface area contributed by atoms with Crippen LogP contribution in [0.2, 0.25) is 0 Å². The molecular formula is C17H24N4O. The van der Waals surface area contributed by atoms with Crippen LogP contribution in [0.5, 0.6) is 0 Å². The number of nitrogens with zero attached hydrogens (tertiary/aromatic N) is 4. The van der Waals surface area contributed by atoms with Crippen molar-refractivity contribution in [2.75, 3.05) is 25.5 Å². The lowest BCUT2D eigenvalue weighted by Gasteiger charge is -2.29. The van der Waals surface area contributed by atoms with E-state index in [1.54, 1.807) is 0 Å². The summed E-state index contributed by atoms with van der Waals surface area (Å²) in [5.41, 5.74) is 2.61. The second kappa shape index (κ2) is 6.08. The lowest BCUT2D eigenvalue weighted by Crippen LogP contribution is -2.27. The maximum Gasteiger partial charge on any atom is 0.233 e. The van der Waals surface area contributed by atoms with Crippen molar-refractivity contribution in [1.82, 2.24) is 15.1 Å². The van der Waals surface area contributed by atoms with Gasteiger partial charge in [0.15, 0.2) is 0 Å². The largest absolute Gasteiger partial charge is 0.424 e. The fourth-order valence-corrected chi connectivity index (χ4v) is 3.24. The van der Waals surface area contributed by atoms with Gasteiger partial charge in [0.25, 0.3) is 0 Å². The van der Waals surface area contributed by atoms with E-state index in [4.69, 9.17) is 4.42 Å². The number of hydrogen-bond donors (Lipinski definition) is 0. The van der Waals surface area contributed by atoms with Gasteiger partial charge in [-0.25, -0.2) is 0 Å². The molecule has 3 rings (SSSR count). The van der Waals surface area contributed by atoms with E-state index in [-0.39, 0.29) is 6.04 Å². The number of likely N-dealkylation sites (tertiary alicyclic amines) is 1. The molecule has 1 saturated heterocycles. The van der Waals surface area contributed by atoms with Crippen LogP contribution in [0.3, 0.4) is 0 Å². The molecule has 0 unspecified atom stereocenters. The first-order valence-electron chi connectivity index (χ1n) is 7.89. The van der Waals surface area contributed by atoms with Crippen LogP contribution in [0.25, 0.3) is 0 Å². The Labute approximate surface area is 131 Å². The third-order valence-corrected chi connectivity index (χ3v) is 4.46. The average molecular weight is 300 g/mol. The van der Waals surface area contributed by atoms with E-state index in [0.29, 0.717) is 17.8 Å². The fourth-order valence-electron chi connectivity index (χ4n) is 3.24. The Hall–Kier alpha value is -1.88. The van der Waals surface area contributed by atoms with E-state index < -0.39 is 0 Å². The van der Waals surface area contributed by atoms with Crippen LogP contribution in [0, 0.1) is 6.92 Å². The van der Waals surface area contributed by atoms with Gasteiger partial charge in [0.05, 0.1) is 6.04 Å². The Morgan fingerprint density at radius 2 is 2.14 bits per heavy atom. The van der Waals surface area contributed by atoms with Crippen LogP contribution in [0.1, 0.15) is 49.2 Å². The summed E-state index contributed by atoms with van der Waals surface area (Å²) in [5.74, 6) is 1.35. The lowest BCUT2D eigenvalue weighted by atomic mass is 10.0. The Morgan fingerprint density at radius 3 is 2.82 bits per heavy atom. The summed E-state index contributed by atoms with van der Waals surface area (Å²) in [6.07, 6.45) is 2.38. The molecule has 118 valence electrons. The molecule has 2 heterocycles. The highest BCUT2D eigenvalue weighted by Crippen LogP contribution is 2.38.